The fraction of sp³-hybridized carbons (Fsp3) is 0.286. The van der Waals surface area contributed by atoms with Crippen LogP contribution in [0.5, 0.6) is 0 Å². The van der Waals surface area contributed by atoms with Gasteiger partial charge in [0.15, 0.2) is 0 Å². The molecule has 0 bridgehead atoms. The van der Waals surface area contributed by atoms with Gasteiger partial charge in [-0.1, -0.05) is 54.6 Å². The highest BCUT2D eigenvalue weighted by molar-refractivity contribution is 5.79. The van der Waals surface area contributed by atoms with E-state index in [1.807, 2.05) is 48.5 Å². The smallest absolute Gasteiger partial charge is 0.407 e. The minimum atomic E-state index is -4.37. The molecule has 6 heteroatoms. The fourth-order valence-corrected chi connectivity index (χ4v) is 3.48. The second-order valence-corrected chi connectivity index (χ2v) is 6.51. The molecule has 0 fully saturated rings. The van der Waals surface area contributed by atoms with Crippen LogP contribution in [-0.4, -0.2) is 24.9 Å². The molecule has 0 spiro atoms. The number of rotatable bonds is 6. The summed E-state index contributed by atoms with van der Waals surface area (Å²) in [7, 11) is 0. The largest absolute Gasteiger partial charge is 0.449 e. The van der Waals surface area contributed by atoms with E-state index in [1.54, 1.807) is 0 Å². The molecule has 3 nitrogen and oxygen atoms in total. The van der Waals surface area contributed by atoms with Crippen molar-refractivity contribution in [3.63, 3.8) is 0 Å². The van der Waals surface area contributed by atoms with Gasteiger partial charge in [0.25, 0.3) is 0 Å². The van der Waals surface area contributed by atoms with E-state index in [0.717, 1.165) is 22.3 Å². The van der Waals surface area contributed by atoms with E-state index in [0.29, 0.717) is 0 Å². The van der Waals surface area contributed by atoms with Gasteiger partial charge in [0, 0.05) is 12.0 Å². The topological polar surface area (TPSA) is 38.3 Å². The summed E-state index contributed by atoms with van der Waals surface area (Å²) in [5.41, 5.74) is 4.27. The Hall–Kier alpha value is -2.76. The first kappa shape index (κ1) is 19.0. The van der Waals surface area contributed by atoms with Crippen molar-refractivity contribution in [2.45, 2.75) is 31.0 Å². The number of carbonyl (C=O) groups excluding carboxylic acids is 1. The van der Waals surface area contributed by atoms with E-state index in [4.69, 9.17) is 4.74 Å². The van der Waals surface area contributed by atoms with Crippen molar-refractivity contribution in [1.82, 2.24) is 5.32 Å². The van der Waals surface area contributed by atoms with Crippen LogP contribution in [0, 0.1) is 0 Å². The number of halogens is 3. The Morgan fingerprint density at radius 3 is 2.19 bits per heavy atom. The molecule has 1 aliphatic rings. The molecule has 0 radical (unpaired) electrons. The third kappa shape index (κ3) is 4.51. The third-order valence-corrected chi connectivity index (χ3v) is 4.59. The van der Waals surface area contributed by atoms with Gasteiger partial charge in [-0.05, 0) is 28.7 Å². The zero-order chi connectivity index (χ0) is 19.4. The van der Waals surface area contributed by atoms with Gasteiger partial charge < -0.3 is 10.1 Å². The highest BCUT2D eigenvalue weighted by atomic mass is 19.4. The van der Waals surface area contributed by atoms with Gasteiger partial charge in [-0.2, -0.15) is 13.2 Å². The third-order valence-electron chi connectivity index (χ3n) is 4.59. The molecule has 0 saturated carbocycles. The summed E-state index contributed by atoms with van der Waals surface area (Å²) < 4.78 is 43.1. The first-order valence-electron chi connectivity index (χ1n) is 8.68. The van der Waals surface area contributed by atoms with Crippen LogP contribution in [-0.2, 0) is 4.74 Å². The van der Waals surface area contributed by atoms with Crippen LogP contribution in [0.1, 0.15) is 29.9 Å². The zero-order valence-corrected chi connectivity index (χ0v) is 14.6. The predicted octanol–water partition coefficient (Wildman–Crippen LogP) is 5.42. The van der Waals surface area contributed by atoms with E-state index in [-0.39, 0.29) is 18.9 Å². The molecule has 2 aromatic rings. The van der Waals surface area contributed by atoms with Crippen LogP contribution < -0.4 is 5.32 Å². The Kier molecular flexibility index (Phi) is 5.54. The SMILES string of the molecule is C=CCC(CC(F)(F)F)NC(=O)OCC1c2ccccc2-c2ccccc21. The Morgan fingerprint density at radius 1 is 1.11 bits per heavy atom. The molecule has 1 N–H and O–H groups in total. The predicted molar refractivity (Wildman–Crippen MR) is 97.5 cm³/mol. The average Bonchev–Trinajstić information content (AvgIpc) is 2.93. The summed E-state index contributed by atoms with van der Waals surface area (Å²) in [4.78, 5) is 12.1. The van der Waals surface area contributed by atoms with Gasteiger partial charge in [-0.25, -0.2) is 4.79 Å². The standard InChI is InChI=1S/C21H20F3NO2/c1-2-7-14(12-21(22,23)24)25-20(26)27-13-19-17-10-5-3-8-15(17)16-9-4-6-11-18(16)19/h2-6,8-11,14,19H,1,7,12-13H2,(H,25,26). The van der Waals surface area contributed by atoms with Crippen LogP contribution in [0.2, 0.25) is 0 Å². The van der Waals surface area contributed by atoms with Crippen molar-refractivity contribution < 1.29 is 22.7 Å². The molecule has 0 aliphatic heterocycles. The molecule has 27 heavy (non-hydrogen) atoms. The maximum Gasteiger partial charge on any atom is 0.407 e. The molecule has 2 aromatic carbocycles. The van der Waals surface area contributed by atoms with Crippen molar-refractivity contribution in [2.75, 3.05) is 6.61 Å². The van der Waals surface area contributed by atoms with Gasteiger partial charge in [0.05, 0.1) is 6.42 Å². The molecule has 1 unspecified atom stereocenters. The Balaban J connectivity index is 1.67. The van der Waals surface area contributed by atoms with Crippen molar-refractivity contribution >= 4 is 6.09 Å². The lowest BCUT2D eigenvalue weighted by molar-refractivity contribution is -0.139. The van der Waals surface area contributed by atoms with E-state index in [2.05, 4.69) is 11.9 Å². The van der Waals surface area contributed by atoms with Crippen molar-refractivity contribution in [3.05, 3.63) is 72.3 Å². The zero-order valence-electron chi connectivity index (χ0n) is 14.6. The average molecular weight is 375 g/mol. The molecule has 0 heterocycles. The first-order valence-corrected chi connectivity index (χ1v) is 8.68. The lowest BCUT2D eigenvalue weighted by atomic mass is 9.98. The number of nitrogens with one attached hydrogen (secondary N) is 1. The number of hydrogen-bond acceptors (Lipinski definition) is 2. The van der Waals surface area contributed by atoms with E-state index >= 15 is 0 Å². The first-order chi connectivity index (χ1) is 12.9. The number of hydrogen-bond donors (Lipinski definition) is 1. The number of carbonyl (C=O) groups is 1. The molecular weight excluding hydrogens is 355 g/mol. The molecule has 3 rings (SSSR count). The van der Waals surface area contributed by atoms with Gasteiger partial charge in [0.2, 0.25) is 0 Å². The number of amides is 1. The van der Waals surface area contributed by atoms with Gasteiger partial charge in [0.1, 0.15) is 6.61 Å². The number of alkyl halides is 3. The molecule has 1 aliphatic carbocycles. The number of alkyl carbamates (subject to hydrolysis) is 1. The lowest BCUT2D eigenvalue weighted by Crippen LogP contribution is -2.38. The van der Waals surface area contributed by atoms with Gasteiger partial charge >= 0.3 is 12.3 Å². The van der Waals surface area contributed by atoms with E-state index in [9.17, 15) is 18.0 Å². The van der Waals surface area contributed by atoms with Crippen LogP contribution in [0.25, 0.3) is 11.1 Å². The lowest BCUT2D eigenvalue weighted by Gasteiger charge is -2.20. The summed E-state index contributed by atoms with van der Waals surface area (Å²) >= 11 is 0. The second kappa shape index (κ2) is 7.86. The normalized spacial score (nSPS) is 14.2. The summed E-state index contributed by atoms with van der Waals surface area (Å²) in [5.74, 6) is -0.136. The number of benzene rings is 2. The van der Waals surface area contributed by atoms with Crippen molar-refractivity contribution in [3.8, 4) is 11.1 Å². The molecular formula is C21H20F3NO2. The minimum Gasteiger partial charge on any atom is -0.449 e. The van der Waals surface area contributed by atoms with Crippen LogP contribution in [0.4, 0.5) is 18.0 Å². The maximum absolute atomic E-state index is 12.6. The molecule has 0 saturated heterocycles. The quantitative estimate of drug-likeness (QED) is 0.685. The summed E-state index contributed by atoms with van der Waals surface area (Å²) in [6, 6.07) is 14.6. The molecule has 1 amide bonds. The van der Waals surface area contributed by atoms with Gasteiger partial charge in [-0.3, -0.25) is 0 Å². The maximum atomic E-state index is 12.6. The van der Waals surface area contributed by atoms with Gasteiger partial charge in [-0.15, -0.1) is 6.58 Å². The molecule has 0 aromatic heterocycles. The van der Waals surface area contributed by atoms with E-state index < -0.39 is 24.7 Å². The fourth-order valence-electron chi connectivity index (χ4n) is 3.48. The summed E-state index contributed by atoms with van der Waals surface area (Å²) in [5, 5.41) is 2.29. The Bertz CT molecular complexity index is 787. The monoisotopic (exact) mass is 375 g/mol. The second-order valence-electron chi connectivity index (χ2n) is 6.51. The van der Waals surface area contributed by atoms with Crippen LogP contribution >= 0.6 is 0 Å². The van der Waals surface area contributed by atoms with E-state index in [1.165, 1.54) is 6.08 Å². The molecule has 1 atom stereocenters. The summed E-state index contributed by atoms with van der Waals surface area (Å²) in [6.45, 7) is 3.50. The highest BCUT2D eigenvalue weighted by Crippen LogP contribution is 2.44. The molecule has 142 valence electrons. The number of ether oxygens (including phenoxy) is 1. The highest BCUT2D eigenvalue weighted by Gasteiger charge is 2.33. The van der Waals surface area contributed by atoms with Crippen LogP contribution in [0.3, 0.4) is 0 Å². The Labute approximate surface area is 155 Å². The van der Waals surface area contributed by atoms with Crippen molar-refractivity contribution in [1.29, 1.82) is 0 Å². The number of fused-ring (bicyclic) bond motifs is 3. The minimum absolute atomic E-state index is 0.0176. The van der Waals surface area contributed by atoms with Crippen LogP contribution in [0.15, 0.2) is 61.2 Å². The van der Waals surface area contributed by atoms with Crippen molar-refractivity contribution in [2.24, 2.45) is 0 Å². The Morgan fingerprint density at radius 2 is 1.67 bits per heavy atom. The summed E-state index contributed by atoms with van der Waals surface area (Å²) in [6.07, 6.45) is -4.98.